The van der Waals surface area contributed by atoms with Crippen LogP contribution in [-0.4, -0.2) is 19.0 Å². The summed E-state index contributed by atoms with van der Waals surface area (Å²) >= 11 is 0. The lowest BCUT2D eigenvalue weighted by Gasteiger charge is -2.03. The Morgan fingerprint density at radius 1 is 0.889 bits per heavy atom. The maximum Gasteiger partial charge on any atom is 0.243 e. The second-order valence-electron chi connectivity index (χ2n) is 4.82. The van der Waals surface area contributed by atoms with Gasteiger partial charge in [-0.1, -0.05) is 57.9 Å². The van der Waals surface area contributed by atoms with Crippen molar-refractivity contribution in [3.05, 3.63) is 12.7 Å². The quantitative estimate of drug-likeness (QED) is 0.392. The van der Waals surface area contributed by atoms with Crippen LogP contribution in [0.5, 0.6) is 0 Å². The third-order valence-corrected chi connectivity index (χ3v) is 3.12. The van der Waals surface area contributed by atoms with E-state index in [1.807, 2.05) is 0 Å². The predicted octanol–water partition coefficient (Wildman–Crippen LogP) is 3.15. The molecule has 0 radical (unpaired) electrons. The number of amides is 1. The highest BCUT2D eigenvalue weighted by Crippen LogP contribution is 2.10. The Morgan fingerprint density at radius 2 is 1.33 bits per heavy atom. The Kier molecular flexibility index (Phi) is 13.6. The molecule has 3 nitrogen and oxygen atoms in total. The Morgan fingerprint density at radius 3 is 1.78 bits per heavy atom. The summed E-state index contributed by atoms with van der Waals surface area (Å²) in [4.78, 5) is 10.9. The van der Waals surface area contributed by atoms with Crippen LogP contribution in [0.15, 0.2) is 12.7 Å². The van der Waals surface area contributed by atoms with Crippen LogP contribution in [0, 0.1) is 0 Å². The lowest BCUT2D eigenvalue weighted by molar-refractivity contribution is -0.116. The molecule has 18 heavy (non-hydrogen) atoms. The summed E-state index contributed by atoms with van der Waals surface area (Å²) in [7, 11) is 0. The molecule has 0 aromatic carbocycles. The van der Waals surface area contributed by atoms with E-state index in [1.165, 1.54) is 63.9 Å². The predicted molar refractivity (Wildman–Crippen MR) is 78.4 cm³/mol. The fourth-order valence-electron chi connectivity index (χ4n) is 1.97. The van der Waals surface area contributed by atoms with Crippen molar-refractivity contribution in [1.82, 2.24) is 5.32 Å². The minimum atomic E-state index is -0.0625. The molecule has 1 amide bonds. The summed E-state index contributed by atoms with van der Waals surface area (Å²) in [5, 5.41) is 2.80. The van der Waals surface area contributed by atoms with Crippen molar-refractivity contribution in [2.45, 2.75) is 64.2 Å². The first kappa shape index (κ1) is 17.2. The van der Waals surface area contributed by atoms with Crippen LogP contribution < -0.4 is 11.1 Å². The fraction of sp³-hybridized carbons (Fsp3) is 0.800. The maximum absolute atomic E-state index is 10.9. The lowest BCUT2D eigenvalue weighted by atomic mass is 10.1. The summed E-state index contributed by atoms with van der Waals surface area (Å²) in [6, 6.07) is 0. The van der Waals surface area contributed by atoms with E-state index in [9.17, 15) is 4.79 Å². The molecular formula is C15H30N2O. The summed E-state index contributed by atoms with van der Waals surface area (Å²) < 4.78 is 0. The molecule has 0 rings (SSSR count). The van der Waals surface area contributed by atoms with E-state index in [1.54, 1.807) is 0 Å². The summed E-state index contributed by atoms with van der Waals surface area (Å²) in [5.74, 6) is -0.0625. The van der Waals surface area contributed by atoms with Crippen LogP contribution in [0.2, 0.25) is 0 Å². The van der Waals surface area contributed by atoms with Crippen LogP contribution in [0.4, 0.5) is 0 Å². The van der Waals surface area contributed by atoms with Crippen LogP contribution in [-0.2, 0) is 4.79 Å². The van der Waals surface area contributed by atoms with Gasteiger partial charge in [-0.25, -0.2) is 0 Å². The van der Waals surface area contributed by atoms with Crippen LogP contribution in [0.1, 0.15) is 64.2 Å². The van der Waals surface area contributed by atoms with Gasteiger partial charge in [0.15, 0.2) is 0 Å². The van der Waals surface area contributed by atoms with Gasteiger partial charge in [0.05, 0.1) is 0 Å². The second kappa shape index (κ2) is 14.2. The third kappa shape index (κ3) is 13.2. The topological polar surface area (TPSA) is 55.1 Å². The molecule has 3 heteroatoms. The average molecular weight is 254 g/mol. The largest absolute Gasteiger partial charge is 0.353 e. The van der Waals surface area contributed by atoms with Crippen molar-refractivity contribution in [1.29, 1.82) is 0 Å². The van der Waals surface area contributed by atoms with Crippen molar-refractivity contribution >= 4 is 5.91 Å². The van der Waals surface area contributed by atoms with Gasteiger partial charge in [0.2, 0.25) is 5.91 Å². The van der Waals surface area contributed by atoms with Gasteiger partial charge in [0, 0.05) is 6.54 Å². The molecule has 0 spiro atoms. The molecule has 0 unspecified atom stereocenters. The van der Waals surface area contributed by atoms with Gasteiger partial charge in [-0.15, -0.1) is 0 Å². The van der Waals surface area contributed by atoms with Gasteiger partial charge in [0.1, 0.15) is 0 Å². The molecule has 0 aromatic rings. The van der Waals surface area contributed by atoms with E-state index in [0.29, 0.717) is 0 Å². The molecule has 0 aromatic heterocycles. The molecule has 0 aliphatic carbocycles. The Labute approximate surface area is 112 Å². The number of carbonyl (C=O) groups is 1. The number of nitrogens with two attached hydrogens (primary N) is 1. The van der Waals surface area contributed by atoms with Gasteiger partial charge in [0.25, 0.3) is 0 Å². The number of nitrogens with one attached hydrogen (secondary N) is 1. The highest BCUT2D eigenvalue weighted by atomic mass is 16.1. The number of carbonyl (C=O) groups excluding carboxylic acids is 1. The minimum Gasteiger partial charge on any atom is -0.353 e. The molecule has 0 fully saturated rings. The maximum atomic E-state index is 10.9. The third-order valence-electron chi connectivity index (χ3n) is 3.12. The molecule has 0 saturated carbocycles. The number of hydrogen-bond donors (Lipinski definition) is 2. The molecule has 106 valence electrons. The molecule has 0 bridgehead atoms. The van der Waals surface area contributed by atoms with Gasteiger partial charge >= 0.3 is 0 Å². The molecule has 0 heterocycles. The Bertz CT molecular complexity index is 205. The molecule has 0 saturated heterocycles. The van der Waals surface area contributed by atoms with Gasteiger partial charge in [-0.05, 0) is 25.5 Å². The zero-order valence-electron chi connectivity index (χ0n) is 11.8. The SMILES string of the molecule is C=CC(=O)NCCCCCCCCCCCCN. The van der Waals surface area contributed by atoms with Crippen molar-refractivity contribution in [3.63, 3.8) is 0 Å². The van der Waals surface area contributed by atoms with Crippen LogP contribution in [0.25, 0.3) is 0 Å². The zero-order valence-corrected chi connectivity index (χ0v) is 11.8. The van der Waals surface area contributed by atoms with Crippen molar-refractivity contribution in [2.24, 2.45) is 5.73 Å². The van der Waals surface area contributed by atoms with Gasteiger partial charge in [-0.3, -0.25) is 4.79 Å². The molecule has 0 aliphatic rings. The Hall–Kier alpha value is -0.830. The van der Waals surface area contributed by atoms with E-state index in [0.717, 1.165) is 19.5 Å². The average Bonchev–Trinajstić information content (AvgIpc) is 2.39. The number of rotatable bonds is 13. The summed E-state index contributed by atoms with van der Waals surface area (Å²) in [6.45, 7) is 5.03. The van der Waals surface area contributed by atoms with Crippen molar-refractivity contribution in [2.75, 3.05) is 13.1 Å². The standard InChI is InChI=1S/C15H30N2O/c1-2-15(18)17-14-12-10-8-6-4-3-5-7-9-11-13-16/h2H,1,3-14,16H2,(H,17,18). The van der Waals surface area contributed by atoms with Crippen molar-refractivity contribution in [3.8, 4) is 0 Å². The van der Waals surface area contributed by atoms with E-state index < -0.39 is 0 Å². The Balaban J connectivity index is 2.98. The monoisotopic (exact) mass is 254 g/mol. The van der Waals surface area contributed by atoms with E-state index >= 15 is 0 Å². The molecular weight excluding hydrogens is 224 g/mol. The van der Waals surface area contributed by atoms with E-state index in [4.69, 9.17) is 5.73 Å². The lowest BCUT2D eigenvalue weighted by Crippen LogP contribution is -2.21. The van der Waals surface area contributed by atoms with E-state index in [-0.39, 0.29) is 5.91 Å². The number of hydrogen-bond acceptors (Lipinski definition) is 2. The smallest absolute Gasteiger partial charge is 0.243 e. The normalized spacial score (nSPS) is 10.3. The van der Waals surface area contributed by atoms with Gasteiger partial charge < -0.3 is 11.1 Å². The minimum absolute atomic E-state index is 0.0625. The summed E-state index contributed by atoms with van der Waals surface area (Å²) in [5.41, 5.74) is 5.44. The van der Waals surface area contributed by atoms with Crippen molar-refractivity contribution < 1.29 is 4.79 Å². The fourth-order valence-corrected chi connectivity index (χ4v) is 1.97. The van der Waals surface area contributed by atoms with Gasteiger partial charge in [-0.2, -0.15) is 0 Å². The molecule has 0 atom stereocenters. The summed E-state index contributed by atoms with van der Waals surface area (Å²) in [6.07, 6.45) is 14.1. The number of unbranched alkanes of at least 4 members (excludes halogenated alkanes) is 9. The first-order valence-electron chi connectivity index (χ1n) is 7.41. The van der Waals surface area contributed by atoms with Crippen LogP contribution in [0.3, 0.4) is 0 Å². The molecule has 3 N–H and O–H groups in total. The van der Waals surface area contributed by atoms with E-state index in [2.05, 4.69) is 11.9 Å². The first-order chi connectivity index (χ1) is 8.81. The molecule has 0 aliphatic heterocycles. The second-order valence-corrected chi connectivity index (χ2v) is 4.82. The highest BCUT2D eigenvalue weighted by molar-refractivity contribution is 5.86. The first-order valence-corrected chi connectivity index (χ1v) is 7.41. The highest BCUT2D eigenvalue weighted by Gasteiger charge is 1.94. The zero-order chi connectivity index (χ0) is 13.5. The van der Waals surface area contributed by atoms with Crippen LogP contribution >= 0.6 is 0 Å².